The lowest BCUT2D eigenvalue weighted by Crippen LogP contribution is -2.30. The minimum absolute atomic E-state index is 0.00929. The number of nitrogens with two attached hydrogens (primary N) is 1. The highest BCUT2D eigenvalue weighted by atomic mass is 32.2. The lowest BCUT2D eigenvalue weighted by Gasteiger charge is -2.11. The summed E-state index contributed by atoms with van der Waals surface area (Å²) >= 11 is 0. The Kier molecular flexibility index (Phi) is 7.36. The first-order chi connectivity index (χ1) is 13.5. The zero-order valence-corrected chi connectivity index (χ0v) is 17.6. The third-order valence-corrected chi connectivity index (χ3v) is 6.24. The minimum atomic E-state index is -3.76. The lowest BCUT2D eigenvalue weighted by atomic mass is 10.2. The Balaban J connectivity index is 1.85. The first-order valence-corrected chi connectivity index (χ1v) is 11.6. The second kappa shape index (κ2) is 9.35. The summed E-state index contributed by atoms with van der Waals surface area (Å²) in [6.45, 7) is 3.38. The number of carbonyl (C=O) groups excluding carboxylic acids is 1. The molecule has 0 heterocycles. The molecule has 158 valence electrons. The highest BCUT2D eigenvalue weighted by Crippen LogP contribution is 2.16. The summed E-state index contributed by atoms with van der Waals surface area (Å²) in [5.74, 6) is -0.0418. The van der Waals surface area contributed by atoms with Crippen molar-refractivity contribution in [1.82, 2.24) is 10.0 Å². The van der Waals surface area contributed by atoms with Crippen LogP contribution in [0.25, 0.3) is 0 Å². The molecule has 1 amide bonds. The third kappa shape index (κ3) is 7.13. The van der Waals surface area contributed by atoms with Crippen LogP contribution in [0.1, 0.15) is 19.4 Å². The van der Waals surface area contributed by atoms with Crippen LogP contribution < -0.4 is 19.9 Å². The van der Waals surface area contributed by atoms with Gasteiger partial charge in [-0.05, 0) is 55.8 Å². The molecule has 2 aromatic rings. The van der Waals surface area contributed by atoms with Crippen LogP contribution in [0.15, 0.2) is 58.3 Å². The van der Waals surface area contributed by atoms with Gasteiger partial charge in [0.1, 0.15) is 5.75 Å². The predicted molar refractivity (Wildman–Crippen MR) is 107 cm³/mol. The zero-order valence-electron chi connectivity index (χ0n) is 16.0. The van der Waals surface area contributed by atoms with Crippen LogP contribution in [0.5, 0.6) is 5.75 Å². The fourth-order valence-electron chi connectivity index (χ4n) is 2.29. The number of benzene rings is 2. The maximum absolute atomic E-state index is 12.1. The molecule has 0 aromatic heterocycles. The van der Waals surface area contributed by atoms with Gasteiger partial charge >= 0.3 is 0 Å². The van der Waals surface area contributed by atoms with Crippen LogP contribution in [0.3, 0.4) is 0 Å². The number of nitrogens with one attached hydrogen (secondary N) is 2. The Labute approximate surface area is 170 Å². The van der Waals surface area contributed by atoms with E-state index in [1.807, 2.05) is 0 Å². The Morgan fingerprint density at radius 3 is 2.03 bits per heavy atom. The van der Waals surface area contributed by atoms with E-state index >= 15 is 0 Å². The van der Waals surface area contributed by atoms with Gasteiger partial charge in [0.25, 0.3) is 5.91 Å². The van der Waals surface area contributed by atoms with E-state index in [-0.39, 0.29) is 29.0 Å². The monoisotopic (exact) mass is 441 g/mol. The zero-order chi connectivity index (χ0) is 21.7. The van der Waals surface area contributed by atoms with E-state index in [2.05, 4.69) is 10.0 Å². The SMILES string of the molecule is CC(C)NS(=O)(=O)c1ccc(OCC(=O)NCc2ccc(S(N)(=O)=O)cc2)cc1. The summed E-state index contributed by atoms with van der Waals surface area (Å²) in [6.07, 6.45) is 0. The van der Waals surface area contributed by atoms with Crippen LogP contribution in [0, 0.1) is 0 Å². The number of primary sulfonamides is 1. The van der Waals surface area contributed by atoms with E-state index in [4.69, 9.17) is 9.88 Å². The van der Waals surface area contributed by atoms with Gasteiger partial charge in [-0.2, -0.15) is 0 Å². The van der Waals surface area contributed by atoms with Crippen LogP contribution in [0.4, 0.5) is 0 Å². The van der Waals surface area contributed by atoms with E-state index in [9.17, 15) is 21.6 Å². The maximum atomic E-state index is 12.1. The number of sulfonamides is 2. The second-order valence-electron chi connectivity index (χ2n) is 6.50. The number of amides is 1. The first kappa shape index (κ1) is 22.8. The molecule has 2 aromatic carbocycles. The molecule has 0 atom stereocenters. The molecule has 0 bridgehead atoms. The van der Waals surface area contributed by atoms with Gasteiger partial charge in [-0.3, -0.25) is 4.79 Å². The normalized spacial score (nSPS) is 12.0. The maximum Gasteiger partial charge on any atom is 0.258 e. The van der Waals surface area contributed by atoms with Gasteiger partial charge < -0.3 is 10.1 Å². The molecule has 0 radical (unpaired) electrons. The van der Waals surface area contributed by atoms with Crippen molar-refractivity contribution in [3.05, 3.63) is 54.1 Å². The van der Waals surface area contributed by atoms with Crippen molar-refractivity contribution in [1.29, 1.82) is 0 Å². The molecule has 0 aliphatic rings. The predicted octanol–water partition coefficient (Wildman–Crippen LogP) is 0.716. The molecule has 0 aliphatic heterocycles. The van der Waals surface area contributed by atoms with Gasteiger partial charge in [0.2, 0.25) is 20.0 Å². The van der Waals surface area contributed by atoms with Crippen LogP contribution >= 0.6 is 0 Å². The summed E-state index contributed by atoms with van der Waals surface area (Å²) in [4.78, 5) is 12.0. The molecule has 29 heavy (non-hydrogen) atoms. The van der Waals surface area contributed by atoms with Crippen LogP contribution in [-0.2, 0) is 31.4 Å². The van der Waals surface area contributed by atoms with Gasteiger partial charge in [-0.25, -0.2) is 26.7 Å². The molecule has 0 fully saturated rings. The first-order valence-electron chi connectivity index (χ1n) is 8.61. The van der Waals surface area contributed by atoms with Crippen molar-refractivity contribution in [2.24, 2.45) is 5.14 Å². The average Bonchev–Trinajstić information content (AvgIpc) is 2.63. The van der Waals surface area contributed by atoms with Gasteiger partial charge in [-0.15, -0.1) is 0 Å². The van der Waals surface area contributed by atoms with Crippen molar-refractivity contribution in [2.45, 2.75) is 36.2 Å². The van der Waals surface area contributed by atoms with Crippen LogP contribution in [0.2, 0.25) is 0 Å². The summed E-state index contributed by atoms with van der Waals surface area (Å²) in [7, 11) is -7.35. The van der Waals surface area contributed by atoms with Crippen molar-refractivity contribution in [3.63, 3.8) is 0 Å². The number of carbonyl (C=O) groups is 1. The molecule has 4 N–H and O–H groups in total. The molecule has 0 unspecified atom stereocenters. The minimum Gasteiger partial charge on any atom is -0.484 e. The van der Waals surface area contributed by atoms with Gasteiger partial charge in [-0.1, -0.05) is 12.1 Å². The summed E-state index contributed by atoms with van der Waals surface area (Å²) in [5.41, 5.74) is 0.693. The number of hydrogen-bond donors (Lipinski definition) is 3. The van der Waals surface area contributed by atoms with Crippen molar-refractivity contribution < 1.29 is 26.4 Å². The molecule has 9 nitrogen and oxygen atoms in total. The molecule has 11 heteroatoms. The second-order valence-corrected chi connectivity index (χ2v) is 9.78. The Morgan fingerprint density at radius 2 is 1.52 bits per heavy atom. The van der Waals surface area contributed by atoms with Gasteiger partial charge in [0, 0.05) is 12.6 Å². The average molecular weight is 442 g/mol. The Morgan fingerprint density at radius 1 is 0.966 bits per heavy atom. The van der Waals surface area contributed by atoms with Crippen molar-refractivity contribution in [2.75, 3.05) is 6.61 Å². The molecule has 0 aliphatic carbocycles. The smallest absolute Gasteiger partial charge is 0.258 e. The molecule has 0 saturated carbocycles. The topological polar surface area (TPSA) is 145 Å². The summed E-state index contributed by atoms with van der Waals surface area (Å²) < 4.78 is 54.4. The lowest BCUT2D eigenvalue weighted by molar-refractivity contribution is -0.123. The van der Waals surface area contributed by atoms with Gasteiger partial charge in [0.15, 0.2) is 6.61 Å². The Hall–Kier alpha value is -2.47. The van der Waals surface area contributed by atoms with E-state index < -0.39 is 26.0 Å². The molecule has 0 spiro atoms. The molecule has 2 rings (SSSR count). The van der Waals surface area contributed by atoms with Crippen molar-refractivity contribution in [3.8, 4) is 5.75 Å². The highest BCUT2D eigenvalue weighted by molar-refractivity contribution is 7.89. The number of hydrogen-bond acceptors (Lipinski definition) is 6. The third-order valence-electron chi connectivity index (χ3n) is 3.64. The summed E-state index contributed by atoms with van der Waals surface area (Å²) in [5, 5.41) is 7.66. The quantitative estimate of drug-likeness (QED) is 0.523. The van der Waals surface area contributed by atoms with E-state index in [1.54, 1.807) is 26.0 Å². The largest absolute Gasteiger partial charge is 0.484 e. The fourth-order valence-corrected chi connectivity index (χ4v) is 4.06. The molecular formula is C18H23N3O6S2. The van der Waals surface area contributed by atoms with E-state index in [0.29, 0.717) is 11.3 Å². The Bertz CT molecular complexity index is 1050. The van der Waals surface area contributed by atoms with Crippen molar-refractivity contribution >= 4 is 26.0 Å². The van der Waals surface area contributed by atoms with E-state index in [0.717, 1.165) is 0 Å². The van der Waals surface area contributed by atoms with E-state index in [1.165, 1.54) is 36.4 Å². The number of rotatable bonds is 9. The molecule has 0 saturated heterocycles. The standard InChI is InChI=1S/C18H23N3O6S2/c1-13(2)21-29(25,26)17-9-5-15(6-10-17)27-12-18(22)20-11-14-3-7-16(8-4-14)28(19,23)24/h3-10,13,21H,11-12H2,1-2H3,(H,20,22)(H2,19,23,24). The highest BCUT2D eigenvalue weighted by Gasteiger charge is 2.15. The van der Waals surface area contributed by atoms with Gasteiger partial charge in [0.05, 0.1) is 9.79 Å². The number of ether oxygens (including phenoxy) is 1. The molecular weight excluding hydrogens is 418 g/mol. The van der Waals surface area contributed by atoms with Crippen LogP contribution in [-0.4, -0.2) is 35.4 Å². The summed E-state index contributed by atoms with van der Waals surface area (Å²) in [6, 6.07) is 11.3. The fraction of sp³-hybridized carbons (Fsp3) is 0.278.